The summed E-state index contributed by atoms with van der Waals surface area (Å²) in [5.41, 5.74) is 4.02. The fraction of sp³-hybridized carbons (Fsp3) is 0.355. The molecule has 0 aliphatic carbocycles. The molecular formula is C31H35N5O5. The number of nitrogens with one attached hydrogen (secondary N) is 2. The third-order valence-corrected chi connectivity index (χ3v) is 6.49. The van der Waals surface area contributed by atoms with E-state index in [0.29, 0.717) is 36.1 Å². The Morgan fingerprint density at radius 3 is 2.66 bits per heavy atom. The largest absolute Gasteiger partial charge is 0.457 e. The van der Waals surface area contributed by atoms with Crippen LogP contribution in [0.1, 0.15) is 45.7 Å². The number of pyridine rings is 2. The Kier molecular flexibility index (Phi) is 7.94. The molecule has 0 unspecified atom stereocenters. The molecule has 0 saturated carbocycles. The molecule has 4 aromatic rings. The summed E-state index contributed by atoms with van der Waals surface area (Å²) in [5.74, 6) is 1.43. The molecule has 2 N–H and O–H groups in total. The first-order chi connectivity index (χ1) is 19.6. The molecule has 10 nitrogen and oxygen atoms in total. The van der Waals surface area contributed by atoms with Crippen molar-refractivity contribution < 1.29 is 23.8 Å². The van der Waals surface area contributed by atoms with Crippen molar-refractivity contribution in [1.29, 1.82) is 0 Å². The average Bonchev–Trinajstić information content (AvgIpc) is 3.36. The van der Waals surface area contributed by atoms with Crippen LogP contribution in [0.15, 0.2) is 55.0 Å². The molecule has 0 spiro atoms. The van der Waals surface area contributed by atoms with Crippen LogP contribution >= 0.6 is 0 Å². The van der Waals surface area contributed by atoms with Gasteiger partial charge in [0.25, 0.3) is 5.91 Å². The normalized spacial score (nSPS) is 13.3. The first-order valence-corrected chi connectivity index (χ1v) is 13.7. The zero-order valence-corrected chi connectivity index (χ0v) is 24.0. The van der Waals surface area contributed by atoms with Crippen LogP contribution in [0.3, 0.4) is 0 Å². The molecule has 3 aromatic heterocycles. The highest BCUT2D eigenvalue weighted by molar-refractivity contribution is 5.99. The monoisotopic (exact) mass is 557 g/mol. The van der Waals surface area contributed by atoms with E-state index in [0.717, 1.165) is 28.5 Å². The standard InChI is InChI=1S/C31H35N5O5/c1-19(2)39-18-27(37)35-26-15-21(8-11-32-26)24-16-34-29-28(24)25(9-12-33-29)40-23-7-6-20-10-13-36(17-22(20)14-23)30(38)41-31(3,4)5/h6-9,11-12,14-16,19H,10,13,17-18H2,1-5H3,(H,33,34)(H,32,35,37). The van der Waals surface area contributed by atoms with E-state index in [1.165, 1.54) is 5.56 Å². The number of H-pyrrole nitrogens is 1. The number of aromatic amines is 1. The Morgan fingerprint density at radius 1 is 1.07 bits per heavy atom. The van der Waals surface area contributed by atoms with Gasteiger partial charge in [0.1, 0.15) is 35.2 Å². The summed E-state index contributed by atoms with van der Waals surface area (Å²) < 4.78 is 17.4. The second-order valence-corrected chi connectivity index (χ2v) is 11.3. The van der Waals surface area contributed by atoms with Crippen LogP contribution in [0.25, 0.3) is 22.2 Å². The molecule has 214 valence electrons. The third-order valence-electron chi connectivity index (χ3n) is 6.49. The zero-order valence-electron chi connectivity index (χ0n) is 24.0. The fourth-order valence-corrected chi connectivity index (χ4v) is 4.63. The number of anilines is 1. The Balaban J connectivity index is 1.38. The summed E-state index contributed by atoms with van der Waals surface area (Å²) in [6.45, 7) is 10.4. The van der Waals surface area contributed by atoms with Gasteiger partial charge < -0.3 is 29.4 Å². The van der Waals surface area contributed by atoms with E-state index in [9.17, 15) is 9.59 Å². The molecule has 41 heavy (non-hydrogen) atoms. The van der Waals surface area contributed by atoms with Gasteiger partial charge in [0, 0.05) is 37.2 Å². The molecule has 0 radical (unpaired) electrons. The van der Waals surface area contributed by atoms with Crippen LogP contribution in [0.4, 0.5) is 10.6 Å². The number of ether oxygens (including phenoxy) is 3. The van der Waals surface area contributed by atoms with Gasteiger partial charge in [0.05, 0.1) is 11.5 Å². The highest BCUT2D eigenvalue weighted by Crippen LogP contribution is 2.37. The molecule has 0 bridgehead atoms. The lowest BCUT2D eigenvalue weighted by atomic mass is 10.00. The lowest BCUT2D eigenvalue weighted by Gasteiger charge is -2.31. The lowest BCUT2D eigenvalue weighted by Crippen LogP contribution is -2.39. The van der Waals surface area contributed by atoms with E-state index in [4.69, 9.17) is 14.2 Å². The van der Waals surface area contributed by atoms with Crippen LogP contribution in [0.5, 0.6) is 11.5 Å². The molecule has 1 aliphatic heterocycles. The van der Waals surface area contributed by atoms with Crippen LogP contribution in [-0.4, -0.2) is 56.7 Å². The molecule has 10 heteroatoms. The average molecular weight is 558 g/mol. The quantitative estimate of drug-likeness (QED) is 0.283. The Labute approximate surface area is 239 Å². The SMILES string of the molecule is CC(C)OCC(=O)Nc1cc(-c2c[nH]c3nccc(Oc4ccc5c(c4)CN(C(=O)OC(C)(C)C)CC5)c23)ccn1. The first kappa shape index (κ1) is 28.1. The van der Waals surface area contributed by atoms with E-state index in [2.05, 4.69) is 20.3 Å². The molecule has 4 heterocycles. The van der Waals surface area contributed by atoms with Gasteiger partial charge in [-0.15, -0.1) is 0 Å². The van der Waals surface area contributed by atoms with Crippen molar-refractivity contribution in [3.8, 4) is 22.6 Å². The maximum absolute atomic E-state index is 12.7. The van der Waals surface area contributed by atoms with Gasteiger partial charge in [-0.05, 0) is 88.1 Å². The smallest absolute Gasteiger partial charge is 0.410 e. The van der Waals surface area contributed by atoms with Crippen molar-refractivity contribution >= 4 is 28.9 Å². The van der Waals surface area contributed by atoms with E-state index in [-0.39, 0.29) is 24.7 Å². The second-order valence-electron chi connectivity index (χ2n) is 11.3. The van der Waals surface area contributed by atoms with Crippen molar-refractivity contribution in [3.05, 3.63) is 66.1 Å². The van der Waals surface area contributed by atoms with Gasteiger partial charge in [-0.25, -0.2) is 14.8 Å². The van der Waals surface area contributed by atoms with Crippen LogP contribution in [0, 0.1) is 0 Å². The van der Waals surface area contributed by atoms with Crippen molar-refractivity contribution in [2.24, 2.45) is 0 Å². The topological polar surface area (TPSA) is 119 Å². The first-order valence-electron chi connectivity index (χ1n) is 13.7. The minimum absolute atomic E-state index is 0.0452. The summed E-state index contributed by atoms with van der Waals surface area (Å²) >= 11 is 0. The summed E-state index contributed by atoms with van der Waals surface area (Å²) in [6, 6.07) is 11.5. The molecule has 0 fully saturated rings. The van der Waals surface area contributed by atoms with Gasteiger partial charge in [0.2, 0.25) is 0 Å². The molecule has 2 amide bonds. The number of hydrogen-bond donors (Lipinski definition) is 2. The summed E-state index contributed by atoms with van der Waals surface area (Å²) in [6.07, 6.45) is 5.58. The highest BCUT2D eigenvalue weighted by atomic mass is 16.6. The van der Waals surface area contributed by atoms with Gasteiger partial charge in [-0.2, -0.15) is 0 Å². The summed E-state index contributed by atoms with van der Waals surface area (Å²) in [5, 5.41) is 3.58. The van der Waals surface area contributed by atoms with Gasteiger partial charge in [-0.3, -0.25) is 4.79 Å². The molecule has 1 aromatic carbocycles. The Morgan fingerprint density at radius 2 is 1.88 bits per heavy atom. The second kappa shape index (κ2) is 11.6. The van der Waals surface area contributed by atoms with Crippen molar-refractivity contribution in [3.63, 3.8) is 0 Å². The van der Waals surface area contributed by atoms with Crippen molar-refractivity contribution in [1.82, 2.24) is 19.9 Å². The molecule has 0 atom stereocenters. The number of aromatic nitrogens is 3. The van der Waals surface area contributed by atoms with Crippen LogP contribution in [-0.2, 0) is 27.2 Å². The summed E-state index contributed by atoms with van der Waals surface area (Å²) in [7, 11) is 0. The summed E-state index contributed by atoms with van der Waals surface area (Å²) in [4.78, 5) is 38.6. The molecule has 0 saturated heterocycles. The van der Waals surface area contributed by atoms with E-state index >= 15 is 0 Å². The van der Waals surface area contributed by atoms with E-state index < -0.39 is 5.60 Å². The predicted molar refractivity (Wildman–Crippen MR) is 156 cm³/mol. The number of carbonyl (C=O) groups is 2. The minimum atomic E-state index is -0.549. The van der Waals surface area contributed by atoms with E-state index in [1.54, 1.807) is 23.4 Å². The van der Waals surface area contributed by atoms with Crippen LogP contribution < -0.4 is 10.1 Å². The van der Waals surface area contributed by atoms with Gasteiger partial charge in [-0.1, -0.05) is 6.07 Å². The molecule has 1 aliphatic rings. The van der Waals surface area contributed by atoms with Gasteiger partial charge >= 0.3 is 6.09 Å². The fourth-order valence-electron chi connectivity index (χ4n) is 4.63. The number of fused-ring (bicyclic) bond motifs is 2. The third kappa shape index (κ3) is 6.83. The molecular weight excluding hydrogens is 522 g/mol. The Bertz CT molecular complexity index is 1570. The molecule has 5 rings (SSSR count). The number of rotatable bonds is 7. The van der Waals surface area contributed by atoms with Crippen molar-refractivity contribution in [2.45, 2.75) is 59.3 Å². The zero-order chi connectivity index (χ0) is 29.1. The van der Waals surface area contributed by atoms with E-state index in [1.807, 2.05) is 71.1 Å². The number of hydrogen-bond acceptors (Lipinski definition) is 7. The van der Waals surface area contributed by atoms with Gasteiger partial charge in [0.15, 0.2) is 0 Å². The lowest BCUT2D eigenvalue weighted by molar-refractivity contribution is -0.121. The van der Waals surface area contributed by atoms with Crippen LogP contribution in [0.2, 0.25) is 0 Å². The minimum Gasteiger partial charge on any atom is -0.457 e. The maximum atomic E-state index is 12.7. The highest BCUT2D eigenvalue weighted by Gasteiger charge is 2.26. The number of carbonyl (C=O) groups excluding carboxylic acids is 2. The number of benzene rings is 1. The maximum Gasteiger partial charge on any atom is 0.410 e. The predicted octanol–water partition coefficient (Wildman–Crippen LogP) is 6.07. The Hall–Kier alpha value is -4.44. The van der Waals surface area contributed by atoms with Crippen molar-refractivity contribution in [2.75, 3.05) is 18.5 Å². The number of nitrogens with zero attached hydrogens (tertiary/aromatic N) is 3. The number of amides is 2.